The number of aryl methyl sites for hydroxylation is 1. The van der Waals surface area contributed by atoms with Gasteiger partial charge in [-0.2, -0.15) is 5.10 Å². The van der Waals surface area contributed by atoms with E-state index in [0.717, 1.165) is 16.0 Å². The Morgan fingerprint density at radius 3 is 2.61 bits per heavy atom. The first-order valence-electron chi connectivity index (χ1n) is 10.6. The van der Waals surface area contributed by atoms with E-state index in [1.807, 2.05) is 24.3 Å². The third kappa shape index (κ3) is 2.94. The van der Waals surface area contributed by atoms with Crippen molar-refractivity contribution in [3.63, 3.8) is 0 Å². The number of nitrogens with zero attached hydrogens (tertiary/aromatic N) is 4. The van der Waals surface area contributed by atoms with Crippen molar-refractivity contribution in [1.29, 1.82) is 0 Å². The molecule has 2 fully saturated rings. The highest BCUT2D eigenvalue weighted by molar-refractivity contribution is 6.24. The van der Waals surface area contributed by atoms with Gasteiger partial charge in [0, 0.05) is 12.1 Å². The topological polar surface area (TPSA) is 122 Å². The van der Waals surface area contributed by atoms with E-state index in [-0.39, 0.29) is 18.0 Å². The second-order valence-electron chi connectivity index (χ2n) is 8.19. The molecule has 2 saturated heterocycles. The largest absolute Gasteiger partial charge is 0.464 e. The fourth-order valence-electron chi connectivity index (χ4n) is 5.06. The Hall–Kier alpha value is -4.08. The molecular weight excluding hydrogens is 428 g/mol. The Labute approximate surface area is 188 Å². The van der Waals surface area contributed by atoms with Crippen molar-refractivity contribution < 1.29 is 24.0 Å². The number of fused-ring (bicyclic) bond motifs is 5. The summed E-state index contributed by atoms with van der Waals surface area (Å²) in [5.41, 5.74) is 2.04. The van der Waals surface area contributed by atoms with Crippen LogP contribution in [0.4, 0.5) is 11.4 Å². The van der Waals surface area contributed by atoms with Gasteiger partial charge in [-0.3, -0.25) is 24.7 Å². The summed E-state index contributed by atoms with van der Waals surface area (Å²) in [6.07, 6.45) is 1.61. The summed E-state index contributed by atoms with van der Waals surface area (Å²) in [6, 6.07) is 9.70. The van der Waals surface area contributed by atoms with Crippen LogP contribution in [0.1, 0.15) is 29.7 Å². The van der Waals surface area contributed by atoms with Crippen LogP contribution in [0.2, 0.25) is 0 Å². The number of hydrazone groups is 1. The van der Waals surface area contributed by atoms with Gasteiger partial charge in [-0.25, -0.2) is 9.69 Å². The van der Waals surface area contributed by atoms with Gasteiger partial charge in [0.1, 0.15) is 0 Å². The van der Waals surface area contributed by atoms with E-state index in [1.54, 1.807) is 20.1 Å². The van der Waals surface area contributed by atoms with E-state index >= 15 is 0 Å². The molecule has 0 radical (unpaired) electrons. The van der Waals surface area contributed by atoms with E-state index in [4.69, 9.17) is 4.74 Å². The summed E-state index contributed by atoms with van der Waals surface area (Å²) in [6.45, 7) is 3.45. The van der Waals surface area contributed by atoms with Crippen LogP contribution < -0.4 is 4.90 Å². The molecule has 0 N–H and O–H groups in total. The lowest BCUT2D eigenvalue weighted by molar-refractivity contribution is -0.384. The van der Waals surface area contributed by atoms with Crippen molar-refractivity contribution in [2.24, 2.45) is 16.9 Å². The first-order valence-corrected chi connectivity index (χ1v) is 10.6. The Morgan fingerprint density at radius 2 is 1.88 bits per heavy atom. The number of nitro benzene ring substituents is 1. The molecule has 0 bridgehead atoms. The van der Waals surface area contributed by atoms with Crippen LogP contribution in [0.15, 0.2) is 47.6 Å². The van der Waals surface area contributed by atoms with Gasteiger partial charge in [0.2, 0.25) is 11.8 Å². The lowest BCUT2D eigenvalue weighted by Crippen LogP contribution is -2.45. The minimum Gasteiger partial charge on any atom is -0.464 e. The zero-order chi connectivity index (χ0) is 23.4. The molecule has 33 heavy (non-hydrogen) atoms. The molecule has 0 aliphatic carbocycles. The van der Waals surface area contributed by atoms with E-state index in [2.05, 4.69) is 5.10 Å². The third-order valence-corrected chi connectivity index (χ3v) is 6.47. The molecule has 10 nitrogen and oxygen atoms in total. The average Bonchev–Trinajstić information content (AvgIpc) is 3.27. The molecule has 0 aromatic heterocycles. The maximum Gasteiger partial charge on any atom is 0.331 e. The number of amides is 2. The summed E-state index contributed by atoms with van der Waals surface area (Å²) < 4.78 is 5.24. The molecule has 3 aliphatic rings. The van der Waals surface area contributed by atoms with Crippen molar-refractivity contribution in [3.05, 3.63) is 69.3 Å². The molecule has 168 valence electrons. The average molecular weight is 448 g/mol. The number of carbonyl (C=O) groups is 3. The molecule has 2 aromatic carbocycles. The van der Waals surface area contributed by atoms with E-state index in [0.29, 0.717) is 5.56 Å². The molecule has 0 saturated carbocycles. The number of anilines is 1. The van der Waals surface area contributed by atoms with Gasteiger partial charge in [-0.05, 0) is 30.5 Å². The zero-order valence-corrected chi connectivity index (χ0v) is 17.9. The highest BCUT2D eigenvalue weighted by Crippen LogP contribution is 2.53. The second-order valence-corrected chi connectivity index (χ2v) is 8.19. The monoisotopic (exact) mass is 448 g/mol. The van der Waals surface area contributed by atoms with Gasteiger partial charge in [-0.15, -0.1) is 0 Å². The van der Waals surface area contributed by atoms with Gasteiger partial charge in [-0.1, -0.05) is 30.3 Å². The van der Waals surface area contributed by atoms with Crippen molar-refractivity contribution in [3.8, 4) is 0 Å². The van der Waals surface area contributed by atoms with Crippen molar-refractivity contribution in [1.82, 2.24) is 5.01 Å². The molecule has 2 amide bonds. The lowest BCUT2D eigenvalue weighted by atomic mass is 9.85. The van der Waals surface area contributed by atoms with Crippen LogP contribution >= 0.6 is 0 Å². The van der Waals surface area contributed by atoms with Gasteiger partial charge >= 0.3 is 5.97 Å². The Kier molecular flexibility index (Phi) is 4.73. The normalized spacial score (nSPS) is 25.0. The third-order valence-electron chi connectivity index (χ3n) is 6.47. The highest BCUT2D eigenvalue weighted by Gasteiger charge is 2.66. The summed E-state index contributed by atoms with van der Waals surface area (Å²) in [5.74, 6) is -3.64. The molecule has 3 aliphatic heterocycles. The van der Waals surface area contributed by atoms with Crippen molar-refractivity contribution in [2.45, 2.75) is 25.9 Å². The van der Waals surface area contributed by atoms with E-state index in [1.165, 1.54) is 23.2 Å². The van der Waals surface area contributed by atoms with Crippen molar-refractivity contribution in [2.75, 3.05) is 11.5 Å². The number of nitro groups is 1. The van der Waals surface area contributed by atoms with Gasteiger partial charge in [0.15, 0.2) is 6.04 Å². The molecule has 10 heteroatoms. The van der Waals surface area contributed by atoms with Crippen LogP contribution in [0, 0.1) is 28.9 Å². The van der Waals surface area contributed by atoms with Crippen LogP contribution in [0.5, 0.6) is 0 Å². The number of benzene rings is 2. The standard InChI is InChI=1S/C23H20N4O6/c1-3-33-23(30)20-18-17(19-15-7-5-4-6-13(15)11-24-26(19)20)21(28)25(22(18)29)16-10-14(27(31)32)9-8-12(16)2/h4-11,17-20H,3H2,1-2H3/t17-,18+,19+,20+/m0/s1. The predicted octanol–water partition coefficient (Wildman–Crippen LogP) is 2.34. The lowest BCUT2D eigenvalue weighted by Gasteiger charge is -2.33. The van der Waals surface area contributed by atoms with Crippen molar-refractivity contribution >= 4 is 35.4 Å². The quantitative estimate of drug-likeness (QED) is 0.304. The summed E-state index contributed by atoms with van der Waals surface area (Å²) in [4.78, 5) is 52.1. The molecule has 4 atom stereocenters. The molecule has 0 unspecified atom stereocenters. The maximum atomic E-state index is 13.7. The van der Waals surface area contributed by atoms with Gasteiger partial charge < -0.3 is 4.74 Å². The van der Waals surface area contributed by atoms with Gasteiger partial charge in [0.05, 0.1) is 41.3 Å². The van der Waals surface area contributed by atoms with Gasteiger partial charge in [0.25, 0.3) is 5.69 Å². The number of rotatable bonds is 4. The number of ether oxygens (including phenoxy) is 1. The zero-order valence-electron chi connectivity index (χ0n) is 17.9. The Morgan fingerprint density at radius 1 is 1.15 bits per heavy atom. The fourth-order valence-corrected chi connectivity index (χ4v) is 5.06. The fraction of sp³-hybridized carbons (Fsp3) is 0.304. The smallest absolute Gasteiger partial charge is 0.331 e. The molecule has 0 spiro atoms. The minimum atomic E-state index is -1.08. The van der Waals surface area contributed by atoms with E-state index in [9.17, 15) is 24.5 Å². The number of esters is 1. The van der Waals surface area contributed by atoms with Crippen LogP contribution in [0.25, 0.3) is 0 Å². The second kappa shape index (κ2) is 7.51. The summed E-state index contributed by atoms with van der Waals surface area (Å²) >= 11 is 0. The summed E-state index contributed by atoms with van der Waals surface area (Å²) in [7, 11) is 0. The predicted molar refractivity (Wildman–Crippen MR) is 116 cm³/mol. The number of hydrogen-bond acceptors (Lipinski definition) is 8. The first-order chi connectivity index (χ1) is 15.8. The first kappa shape index (κ1) is 20.8. The SMILES string of the molecule is CCOC(=O)[C@H]1[C@@H]2C(=O)N(c3cc([N+](=O)[O-])ccc3C)C(=O)[C@@H]2[C@H]2c3ccccc3C=NN21. The molecule has 5 rings (SSSR count). The summed E-state index contributed by atoms with van der Waals surface area (Å²) in [5, 5.41) is 17.2. The Bertz CT molecular complexity index is 1240. The molecular formula is C23H20N4O6. The number of carbonyl (C=O) groups excluding carboxylic acids is 3. The molecule has 2 aromatic rings. The number of hydrogen-bond donors (Lipinski definition) is 0. The number of non-ortho nitro benzene ring substituents is 1. The highest BCUT2D eigenvalue weighted by atomic mass is 16.6. The molecule has 3 heterocycles. The number of imide groups is 1. The Balaban J connectivity index is 1.65. The van der Waals surface area contributed by atoms with Crippen LogP contribution in [-0.2, 0) is 19.1 Å². The van der Waals surface area contributed by atoms with Crippen LogP contribution in [-0.4, -0.2) is 46.6 Å². The van der Waals surface area contributed by atoms with Crippen LogP contribution in [0.3, 0.4) is 0 Å². The maximum absolute atomic E-state index is 13.7. The van der Waals surface area contributed by atoms with E-state index < -0.39 is 46.6 Å². The minimum absolute atomic E-state index is 0.112.